The molecule has 1 aromatic heterocycles. The van der Waals surface area contributed by atoms with Crippen molar-refractivity contribution in [3.63, 3.8) is 0 Å². The molecule has 0 aliphatic rings. The quantitative estimate of drug-likeness (QED) is 0.447. The number of amides is 2. The van der Waals surface area contributed by atoms with E-state index in [2.05, 4.69) is 5.32 Å². The van der Waals surface area contributed by atoms with Gasteiger partial charge in [-0.15, -0.1) is 0 Å². The molecular weight excluding hydrogens is 284 g/mol. The Morgan fingerprint density at radius 1 is 1.36 bits per heavy atom. The number of nitrogens with two attached hydrogens (primary N) is 1. The van der Waals surface area contributed by atoms with Crippen LogP contribution in [0, 0.1) is 6.92 Å². The van der Waals surface area contributed by atoms with E-state index >= 15 is 0 Å². The van der Waals surface area contributed by atoms with Crippen LogP contribution in [0.25, 0.3) is 0 Å². The molecule has 0 aliphatic heterocycles. The molecule has 7 nitrogen and oxygen atoms in total. The highest BCUT2D eigenvalue weighted by atomic mass is 16.5. The summed E-state index contributed by atoms with van der Waals surface area (Å²) >= 11 is 0. The highest BCUT2D eigenvalue weighted by molar-refractivity contribution is 5.94. The molecule has 0 atom stereocenters. The number of nitrogens with zero attached hydrogens (tertiary/aromatic N) is 1. The Labute approximate surface area is 129 Å². The molecule has 0 fully saturated rings. The van der Waals surface area contributed by atoms with Crippen LogP contribution in [0.4, 0.5) is 16.2 Å². The summed E-state index contributed by atoms with van der Waals surface area (Å²) in [4.78, 5) is 13.4. The van der Waals surface area contributed by atoms with Crippen LogP contribution >= 0.6 is 0 Å². The summed E-state index contributed by atoms with van der Waals surface area (Å²) in [7, 11) is 3.47. The van der Waals surface area contributed by atoms with E-state index in [1.807, 2.05) is 42.5 Å². The lowest BCUT2D eigenvalue weighted by atomic mass is 10.2. The second-order valence-electron chi connectivity index (χ2n) is 4.82. The smallest absolute Gasteiger partial charge is 0.333 e. The molecule has 1 heterocycles. The number of benzene rings is 1. The number of hydrogen-bond donors (Lipinski definition) is 3. The van der Waals surface area contributed by atoms with Crippen LogP contribution in [0.1, 0.15) is 11.5 Å². The van der Waals surface area contributed by atoms with E-state index < -0.39 is 6.03 Å². The van der Waals surface area contributed by atoms with Crippen molar-refractivity contribution >= 4 is 17.4 Å². The molecule has 2 aromatic rings. The molecule has 1 aromatic carbocycles. The molecular formula is C15H20N4O3. The van der Waals surface area contributed by atoms with Crippen LogP contribution < -0.4 is 26.2 Å². The topological polar surface area (TPSA) is 92.8 Å². The van der Waals surface area contributed by atoms with Gasteiger partial charge in [0.05, 0.1) is 19.3 Å². The largest absolute Gasteiger partial charge is 0.495 e. The Bertz CT molecular complexity index is 654. The lowest BCUT2D eigenvalue weighted by Gasteiger charge is -2.24. The molecule has 118 valence electrons. The van der Waals surface area contributed by atoms with Gasteiger partial charge in [0.2, 0.25) is 0 Å². The van der Waals surface area contributed by atoms with Crippen molar-refractivity contribution < 1.29 is 13.9 Å². The molecule has 7 heteroatoms. The van der Waals surface area contributed by atoms with Crippen molar-refractivity contribution in [3.05, 3.63) is 41.9 Å². The van der Waals surface area contributed by atoms with Gasteiger partial charge in [0.25, 0.3) is 0 Å². The predicted molar refractivity (Wildman–Crippen MR) is 84.9 cm³/mol. The summed E-state index contributed by atoms with van der Waals surface area (Å²) in [6, 6.07) is 8.71. The van der Waals surface area contributed by atoms with Gasteiger partial charge in [-0.3, -0.25) is 5.43 Å². The summed E-state index contributed by atoms with van der Waals surface area (Å²) in [5.74, 6) is 7.43. The second kappa shape index (κ2) is 6.86. The SMILES string of the molecule is COc1cccc(NC(=O)NN)c1N(C)Cc1ccc(C)o1. The normalized spacial score (nSPS) is 10.2. The summed E-state index contributed by atoms with van der Waals surface area (Å²) in [5.41, 5.74) is 3.37. The summed E-state index contributed by atoms with van der Waals surface area (Å²) in [5, 5.41) is 2.68. The number of aryl methyl sites for hydroxylation is 1. The van der Waals surface area contributed by atoms with E-state index in [9.17, 15) is 4.79 Å². The Balaban J connectivity index is 2.31. The maximum absolute atomic E-state index is 11.5. The van der Waals surface area contributed by atoms with Gasteiger partial charge in [0.1, 0.15) is 23.0 Å². The van der Waals surface area contributed by atoms with E-state index in [1.54, 1.807) is 19.2 Å². The first-order valence-electron chi connectivity index (χ1n) is 6.76. The van der Waals surface area contributed by atoms with E-state index in [4.69, 9.17) is 15.0 Å². The number of carbonyl (C=O) groups excluding carboxylic acids is 1. The minimum Gasteiger partial charge on any atom is -0.495 e. The Hall–Kier alpha value is -2.67. The molecule has 2 rings (SSSR count). The fraction of sp³-hybridized carbons (Fsp3) is 0.267. The molecule has 0 bridgehead atoms. The number of urea groups is 1. The lowest BCUT2D eigenvalue weighted by molar-refractivity contribution is 0.252. The molecule has 4 N–H and O–H groups in total. The Kier molecular flexibility index (Phi) is 4.90. The number of hydrazine groups is 1. The molecule has 2 amide bonds. The van der Waals surface area contributed by atoms with Gasteiger partial charge in [0.15, 0.2) is 0 Å². The highest BCUT2D eigenvalue weighted by Crippen LogP contribution is 2.36. The summed E-state index contributed by atoms with van der Waals surface area (Å²) < 4.78 is 11.0. The van der Waals surface area contributed by atoms with Gasteiger partial charge in [0, 0.05) is 7.05 Å². The molecule has 0 radical (unpaired) electrons. The van der Waals surface area contributed by atoms with Crippen LogP contribution in [0.2, 0.25) is 0 Å². The molecule has 0 saturated carbocycles. The lowest BCUT2D eigenvalue weighted by Crippen LogP contribution is -2.34. The number of nitrogens with one attached hydrogen (secondary N) is 2. The first kappa shape index (κ1) is 15.7. The Morgan fingerprint density at radius 2 is 2.14 bits per heavy atom. The van der Waals surface area contributed by atoms with Crippen molar-refractivity contribution in [1.82, 2.24) is 5.43 Å². The van der Waals surface area contributed by atoms with Gasteiger partial charge >= 0.3 is 6.03 Å². The third-order valence-corrected chi connectivity index (χ3v) is 3.17. The molecule has 0 spiro atoms. The van der Waals surface area contributed by atoms with Gasteiger partial charge in [-0.05, 0) is 31.2 Å². The third-order valence-electron chi connectivity index (χ3n) is 3.17. The van der Waals surface area contributed by atoms with Crippen LogP contribution in [0.3, 0.4) is 0 Å². The van der Waals surface area contributed by atoms with Gasteiger partial charge < -0.3 is 19.4 Å². The number of rotatable bonds is 5. The van der Waals surface area contributed by atoms with Gasteiger partial charge in [-0.2, -0.15) is 0 Å². The minimum atomic E-state index is -0.503. The number of methoxy groups -OCH3 is 1. The Morgan fingerprint density at radius 3 is 2.73 bits per heavy atom. The monoisotopic (exact) mass is 304 g/mol. The molecule has 22 heavy (non-hydrogen) atoms. The fourth-order valence-corrected chi connectivity index (χ4v) is 2.22. The number of anilines is 2. The summed E-state index contributed by atoms with van der Waals surface area (Å²) in [6.45, 7) is 2.43. The fourth-order valence-electron chi connectivity index (χ4n) is 2.22. The van der Waals surface area contributed by atoms with Crippen LogP contribution in [-0.2, 0) is 6.54 Å². The zero-order chi connectivity index (χ0) is 16.1. The van der Waals surface area contributed by atoms with Crippen LogP contribution in [0.15, 0.2) is 34.7 Å². The van der Waals surface area contributed by atoms with Gasteiger partial charge in [-0.25, -0.2) is 10.6 Å². The number of hydrogen-bond acceptors (Lipinski definition) is 5. The van der Waals surface area contributed by atoms with Crippen LogP contribution in [0.5, 0.6) is 5.75 Å². The average Bonchev–Trinajstić information content (AvgIpc) is 2.91. The minimum absolute atomic E-state index is 0.503. The number of furan rings is 1. The number of para-hydroxylation sites is 1. The standard InChI is InChI=1S/C15H20N4O3/c1-10-7-8-11(22-10)9-19(2)14-12(17-15(20)18-16)5-4-6-13(14)21-3/h4-8H,9,16H2,1-3H3,(H2,17,18,20). The maximum atomic E-state index is 11.5. The van der Waals surface area contributed by atoms with E-state index in [0.29, 0.717) is 18.0 Å². The number of ether oxygens (including phenoxy) is 1. The van der Waals surface area contributed by atoms with Crippen molar-refractivity contribution in [2.45, 2.75) is 13.5 Å². The first-order chi connectivity index (χ1) is 10.5. The first-order valence-corrected chi connectivity index (χ1v) is 6.76. The maximum Gasteiger partial charge on any atom is 0.333 e. The molecule has 0 unspecified atom stereocenters. The van der Waals surface area contributed by atoms with Crippen LogP contribution in [-0.4, -0.2) is 20.2 Å². The third kappa shape index (κ3) is 3.50. The second-order valence-corrected chi connectivity index (χ2v) is 4.82. The average molecular weight is 304 g/mol. The van der Waals surface area contributed by atoms with Crippen molar-refractivity contribution in [1.29, 1.82) is 0 Å². The van der Waals surface area contributed by atoms with E-state index in [-0.39, 0.29) is 0 Å². The van der Waals surface area contributed by atoms with E-state index in [0.717, 1.165) is 17.2 Å². The predicted octanol–water partition coefficient (Wildman–Crippen LogP) is 2.23. The van der Waals surface area contributed by atoms with Crippen molar-refractivity contribution in [2.75, 3.05) is 24.4 Å². The van der Waals surface area contributed by atoms with Gasteiger partial charge in [-0.1, -0.05) is 6.07 Å². The van der Waals surface area contributed by atoms with E-state index in [1.165, 1.54) is 0 Å². The number of carbonyl (C=O) groups is 1. The summed E-state index contributed by atoms with van der Waals surface area (Å²) in [6.07, 6.45) is 0. The molecule has 0 saturated heterocycles. The van der Waals surface area contributed by atoms with Crippen molar-refractivity contribution in [3.8, 4) is 5.75 Å². The van der Waals surface area contributed by atoms with Crippen molar-refractivity contribution in [2.24, 2.45) is 5.84 Å². The zero-order valence-electron chi connectivity index (χ0n) is 12.8. The molecule has 0 aliphatic carbocycles. The zero-order valence-corrected chi connectivity index (χ0v) is 12.8. The highest BCUT2D eigenvalue weighted by Gasteiger charge is 2.16.